The highest BCUT2D eigenvalue weighted by Crippen LogP contribution is 2.10. The van der Waals surface area contributed by atoms with E-state index in [0.29, 0.717) is 0 Å². The van der Waals surface area contributed by atoms with Crippen LogP contribution in [0.4, 0.5) is 0 Å². The van der Waals surface area contributed by atoms with Crippen LogP contribution in [0, 0.1) is 6.58 Å². The van der Waals surface area contributed by atoms with E-state index in [2.05, 4.69) is 19.1 Å². The van der Waals surface area contributed by atoms with Crippen LogP contribution in [0.15, 0.2) is 18.2 Å². The monoisotopic (exact) mass is 249 g/mol. The fourth-order valence-electron chi connectivity index (χ4n) is 2.16. The normalized spacial score (nSPS) is 11.2. The van der Waals surface area contributed by atoms with Gasteiger partial charge in [0.1, 0.15) is 0 Å². The number of unbranched alkanes of at least 4 members (excludes halogenated alkanes) is 11. The summed E-state index contributed by atoms with van der Waals surface area (Å²) >= 11 is 0. The molecular weight excluding hydrogens is 216 g/mol. The molecule has 0 N–H and O–H groups in total. The van der Waals surface area contributed by atoms with Crippen LogP contribution >= 0.6 is 0 Å². The van der Waals surface area contributed by atoms with Crippen LogP contribution in [0.1, 0.15) is 90.4 Å². The van der Waals surface area contributed by atoms with Crippen molar-refractivity contribution in [2.45, 2.75) is 90.4 Å². The molecule has 0 aromatic heterocycles. The Morgan fingerprint density at radius 2 is 1.06 bits per heavy atom. The van der Waals surface area contributed by atoms with Crippen molar-refractivity contribution in [3.05, 3.63) is 24.8 Å². The van der Waals surface area contributed by atoms with Gasteiger partial charge in [0.2, 0.25) is 0 Å². The predicted molar refractivity (Wildman–Crippen MR) is 83.7 cm³/mol. The molecule has 0 nitrogen and oxygen atoms in total. The highest BCUT2D eigenvalue weighted by atomic mass is 14.0. The molecule has 0 spiro atoms. The van der Waals surface area contributed by atoms with E-state index in [9.17, 15) is 0 Å². The molecule has 0 heteroatoms. The Bertz CT molecular complexity index is 178. The van der Waals surface area contributed by atoms with E-state index >= 15 is 0 Å². The van der Waals surface area contributed by atoms with E-state index in [1.54, 1.807) is 6.08 Å². The first kappa shape index (κ1) is 17.5. The molecule has 0 saturated carbocycles. The standard InChI is InChI=1S/C18H33/c1-3-5-7-9-11-13-15-17-18-16-14-12-10-8-6-4-2/h1,3,13,15H,4-12,14,16-18H2,2H3. The molecule has 0 amide bonds. The number of rotatable bonds is 14. The summed E-state index contributed by atoms with van der Waals surface area (Å²) in [7, 11) is 0. The first-order valence-corrected chi connectivity index (χ1v) is 8.10. The van der Waals surface area contributed by atoms with E-state index in [-0.39, 0.29) is 0 Å². The molecule has 0 aliphatic heterocycles. The molecular formula is C18H33. The van der Waals surface area contributed by atoms with Crippen LogP contribution in [0.25, 0.3) is 0 Å². The van der Waals surface area contributed by atoms with Crippen LogP contribution in [0.3, 0.4) is 0 Å². The summed E-state index contributed by atoms with van der Waals surface area (Å²) in [4.78, 5) is 0. The number of hydrogen-bond donors (Lipinski definition) is 0. The van der Waals surface area contributed by atoms with Crippen molar-refractivity contribution in [3.8, 4) is 0 Å². The smallest absolute Gasteiger partial charge is 0.0347 e. The first-order chi connectivity index (χ1) is 8.91. The Morgan fingerprint density at radius 3 is 1.61 bits per heavy atom. The van der Waals surface area contributed by atoms with Gasteiger partial charge >= 0.3 is 0 Å². The lowest BCUT2D eigenvalue weighted by molar-refractivity contribution is 0.577. The summed E-state index contributed by atoms with van der Waals surface area (Å²) in [6, 6.07) is 0. The van der Waals surface area contributed by atoms with E-state index < -0.39 is 0 Å². The van der Waals surface area contributed by atoms with E-state index in [1.807, 2.05) is 0 Å². The van der Waals surface area contributed by atoms with Gasteiger partial charge in [-0.1, -0.05) is 76.7 Å². The van der Waals surface area contributed by atoms with Gasteiger partial charge in [-0.05, 0) is 38.5 Å². The third-order valence-electron chi connectivity index (χ3n) is 3.38. The van der Waals surface area contributed by atoms with Crippen LogP contribution < -0.4 is 0 Å². The molecule has 0 aromatic carbocycles. The lowest BCUT2D eigenvalue weighted by Gasteiger charge is -1.99. The summed E-state index contributed by atoms with van der Waals surface area (Å²) in [5, 5.41) is 0. The molecule has 105 valence electrons. The van der Waals surface area contributed by atoms with Crippen molar-refractivity contribution in [1.29, 1.82) is 0 Å². The maximum Gasteiger partial charge on any atom is -0.0347 e. The zero-order chi connectivity index (χ0) is 13.3. The van der Waals surface area contributed by atoms with Crippen LogP contribution in [-0.2, 0) is 0 Å². The van der Waals surface area contributed by atoms with E-state index in [0.717, 1.165) is 6.42 Å². The molecule has 0 bridgehead atoms. The van der Waals surface area contributed by atoms with Gasteiger partial charge in [-0.2, -0.15) is 0 Å². The minimum absolute atomic E-state index is 1.06. The average Bonchev–Trinajstić information content (AvgIpc) is 2.39. The van der Waals surface area contributed by atoms with Crippen molar-refractivity contribution in [3.63, 3.8) is 0 Å². The highest BCUT2D eigenvalue weighted by Gasteiger charge is 1.90. The highest BCUT2D eigenvalue weighted by molar-refractivity contribution is 4.81. The van der Waals surface area contributed by atoms with Gasteiger partial charge in [0.25, 0.3) is 0 Å². The molecule has 0 aliphatic rings. The Morgan fingerprint density at radius 1 is 0.611 bits per heavy atom. The Balaban J connectivity index is 3.01. The molecule has 0 saturated heterocycles. The SMILES string of the molecule is [CH]=CCCCCC=CCCCCCCCCCC. The van der Waals surface area contributed by atoms with Gasteiger partial charge in [0, 0.05) is 0 Å². The Kier molecular flexibility index (Phi) is 16.0. The summed E-state index contributed by atoms with van der Waals surface area (Å²) in [6.45, 7) is 7.61. The summed E-state index contributed by atoms with van der Waals surface area (Å²) in [6.07, 6.45) is 23.9. The second kappa shape index (κ2) is 16.5. The average molecular weight is 249 g/mol. The third kappa shape index (κ3) is 15.5. The number of allylic oxidation sites excluding steroid dienone is 3. The topological polar surface area (TPSA) is 0 Å². The molecule has 18 heavy (non-hydrogen) atoms. The number of hydrogen-bond acceptors (Lipinski definition) is 0. The van der Waals surface area contributed by atoms with Gasteiger partial charge in [-0.25, -0.2) is 0 Å². The minimum atomic E-state index is 1.06. The molecule has 0 heterocycles. The van der Waals surface area contributed by atoms with Gasteiger partial charge in [-0.3, -0.25) is 0 Å². The fraction of sp³-hybridized carbons (Fsp3) is 0.778. The van der Waals surface area contributed by atoms with Crippen LogP contribution in [0.2, 0.25) is 0 Å². The quantitative estimate of drug-likeness (QED) is 0.239. The minimum Gasteiger partial charge on any atom is -0.0885 e. The predicted octanol–water partition coefficient (Wildman–Crippen LogP) is 6.62. The maximum atomic E-state index is 5.33. The molecule has 0 rings (SSSR count). The fourth-order valence-corrected chi connectivity index (χ4v) is 2.16. The summed E-state index contributed by atoms with van der Waals surface area (Å²) < 4.78 is 0. The zero-order valence-corrected chi connectivity index (χ0v) is 12.5. The maximum absolute atomic E-state index is 5.33. The second-order valence-electron chi connectivity index (χ2n) is 5.26. The first-order valence-electron chi connectivity index (χ1n) is 8.10. The molecule has 0 aromatic rings. The van der Waals surface area contributed by atoms with Crippen molar-refractivity contribution in [1.82, 2.24) is 0 Å². The molecule has 0 atom stereocenters. The molecule has 1 radical (unpaired) electrons. The lowest BCUT2D eigenvalue weighted by Crippen LogP contribution is -1.80. The van der Waals surface area contributed by atoms with Crippen molar-refractivity contribution < 1.29 is 0 Å². The molecule has 0 unspecified atom stereocenters. The van der Waals surface area contributed by atoms with Gasteiger partial charge in [-0.15, -0.1) is 0 Å². The largest absolute Gasteiger partial charge is 0.0885 e. The van der Waals surface area contributed by atoms with Crippen LogP contribution in [-0.4, -0.2) is 0 Å². The van der Waals surface area contributed by atoms with Crippen LogP contribution in [0.5, 0.6) is 0 Å². The zero-order valence-electron chi connectivity index (χ0n) is 12.5. The van der Waals surface area contributed by atoms with Gasteiger partial charge < -0.3 is 0 Å². The van der Waals surface area contributed by atoms with Crippen molar-refractivity contribution in [2.75, 3.05) is 0 Å². The molecule has 0 aliphatic carbocycles. The Hall–Kier alpha value is -0.520. The Labute approximate surface area is 116 Å². The lowest BCUT2D eigenvalue weighted by atomic mass is 10.1. The third-order valence-corrected chi connectivity index (χ3v) is 3.38. The second-order valence-corrected chi connectivity index (χ2v) is 5.26. The summed E-state index contributed by atoms with van der Waals surface area (Å²) in [5.74, 6) is 0. The summed E-state index contributed by atoms with van der Waals surface area (Å²) in [5.41, 5.74) is 0. The van der Waals surface area contributed by atoms with Gasteiger partial charge in [0.15, 0.2) is 0 Å². The van der Waals surface area contributed by atoms with Crippen molar-refractivity contribution in [2.24, 2.45) is 0 Å². The van der Waals surface area contributed by atoms with E-state index in [4.69, 9.17) is 6.58 Å². The van der Waals surface area contributed by atoms with Gasteiger partial charge in [0.05, 0.1) is 0 Å². The van der Waals surface area contributed by atoms with Crippen molar-refractivity contribution >= 4 is 0 Å². The molecule has 0 fully saturated rings. The van der Waals surface area contributed by atoms with E-state index in [1.165, 1.54) is 77.0 Å².